The summed E-state index contributed by atoms with van der Waals surface area (Å²) in [7, 11) is 1.60. The highest BCUT2D eigenvalue weighted by Gasteiger charge is 2.04. The smallest absolute Gasteiger partial charge is 0.124 e. The lowest BCUT2D eigenvalue weighted by atomic mass is 10.1. The second-order valence-corrected chi connectivity index (χ2v) is 6.78. The Morgan fingerprint density at radius 2 is 2.00 bits per heavy atom. The largest absolute Gasteiger partial charge is 0.491 e. The van der Waals surface area contributed by atoms with Crippen LogP contribution in [0.25, 0.3) is 0 Å². The van der Waals surface area contributed by atoms with Crippen LogP contribution in [0.3, 0.4) is 0 Å². The summed E-state index contributed by atoms with van der Waals surface area (Å²) in [4.78, 5) is 0. The molecule has 0 aliphatic rings. The van der Waals surface area contributed by atoms with Gasteiger partial charge in [-0.15, -0.1) is 0 Å². The zero-order chi connectivity index (χ0) is 15.4. The number of benzene rings is 1. The average molecular weight is 391 g/mol. The molecule has 0 bridgehead atoms. The molecule has 1 rings (SSSR count). The summed E-state index contributed by atoms with van der Waals surface area (Å²) in [5, 5.41) is 17.7. The van der Waals surface area contributed by atoms with Crippen molar-refractivity contribution in [3.8, 4) is 11.8 Å². The van der Waals surface area contributed by atoms with Crippen LogP contribution in [0.2, 0.25) is 0 Å². The standard InChI is InChI=1S/C12H15NO3.C3H7I/c1-15-6-7-16-12-3-2-10(4-5-13)8-11(12)9-14;1-3(2)4/h2-3,8,14H,4,6-7,9H2,1H3;3H,1-2H3. The Labute approximate surface area is 134 Å². The summed E-state index contributed by atoms with van der Waals surface area (Å²) in [5.74, 6) is 0.640. The Morgan fingerprint density at radius 1 is 1.35 bits per heavy atom. The van der Waals surface area contributed by atoms with E-state index in [0.29, 0.717) is 30.9 Å². The van der Waals surface area contributed by atoms with Gasteiger partial charge < -0.3 is 14.6 Å². The van der Waals surface area contributed by atoms with Gasteiger partial charge in [0.25, 0.3) is 0 Å². The van der Waals surface area contributed by atoms with E-state index in [1.807, 2.05) is 6.07 Å². The van der Waals surface area contributed by atoms with Crippen LogP contribution >= 0.6 is 22.6 Å². The fourth-order valence-electron chi connectivity index (χ4n) is 1.33. The van der Waals surface area contributed by atoms with Crippen LogP contribution in [0.15, 0.2) is 18.2 Å². The maximum Gasteiger partial charge on any atom is 0.124 e. The number of hydrogen-bond donors (Lipinski definition) is 1. The van der Waals surface area contributed by atoms with Gasteiger partial charge in [0.1, 0.15) is 12.4 Å². The van der Waals surface area contributed by atoms with Crippen molar-refractivity contribution in [1.29, 1.82) is 5.26 Å². The second kappa shape index (κ2) is 11.9. The van der Waals surface area contributed by atoms with Gasteiger partial charge in [-0.3, -0.25) is 0 Å². The van der Waals surface area contributed by atoms with Crippen molar-refractivity contribution >= 4 is 22.6 Å². The molecule has 0 saturated heterocycles. The van der Waals surface area contributed by atoms with Crippen molar-refractivity contribution < 1.29 is 14.6 Å². The van der Waals surface area contributed by atoms with Gasteiger partial charge in [0.05, 0.1) is 25.7 Å². The van der Waals surface area contributed by atoms with Crippen molar-refractivity contribution in [1.82, 2.24) is 0 Å². The fourth-order valence-corrected chi connectivity index (χ4v) is 1.33. The third-order valence-electron chi connectivity index (χ3n) is 2.12. The molecular weight excluding hydrogens is 369 g/mol. The predicted molar refractivity (Wildman–Crippen MR) is 88.2 cm³/mol. The van der Waals surface area contributed by atoms with Crippen molar-refractivity contribution in [2.75, 3.05) is 20.3 Å². The van der Waals surface area contributed by atoms with Crippen molar-refractivity contribution in [3.63, 3.8) is 0 Å². The zero-order valence-electron chi connectivity index (χ0n) is 12.2. The number of ether oxygens (including phenoxy) is 2. The second-order valence-electron chi connectivity index (χ2n) is 4.29. The van der Waals surface area contributed by atoms with Crippen LogP contribution in [-0.4, -0.2) is 29.4 Å². The molecule has 0 radical (unpaired) electrons. The molecule has 0 spiro atoms. The van der Waals surface area contributed by atoms with Crippen LogP contribution in [0, 0.1) is 11.3 Å². The van der Waals surface area contributed by atoms with Crippen molar-refractivity contribution in [3.05, 3.63) is 29.3 Å². The lowest BCUT2D eigenvalue weighted by molar-refractivity contribution is 0.144. The minimum atomic E-state index is -0.0957. The monoisotopic (exact) mass is 391 g/mol. The van der Waals surface area contributed by atoms with Gasteiger partial charge in [0.2, 0.25) is 0 Å². The first-order chi connectivity index (χ1) is 9.54. The van der Waals surface area contributed by atoms with E-state index in [9.17, 15) is 5.11 Å². The fraction of sp³-hybridized carbons (Fsp3) is 0.533. The Bertz CT molecular complexity index is 413. The first-order valence-electron chi connectivity index (χ1n) is 6.40. The van der Waals surface area contributed by atoms with Crippen LogP contribution < -0.4 is 4.74 Å². The van der Waals surface area contributed by atoms with E-state index in [1.165, 1.54) is 0 Å². The minimum absolute atomic E-state index is 0.0957. The van der Waals surface area contributed by atoms with E-state index in [4.69, 9.17) is 14.7 Å². The number of rotatable bonds is 6. The molecule has 0 saturated carbocycles. The molecule has 0 aliphatic carbocycles. The van der Waals surface area contributed by atoms with E-state index >= 15 is 0 Å². The zero-order valence-corrected chi connectivity index (χ0v) is 14.4. The van der Waals surface area contributed by atoms with Crippen molar-refractivity contribution in [2.45, 2.75) is 30.8 Å². The highest BCUT2D eigenvalue weighted by Crippen LogP contribution is 2.20. The number of aliphatic hydroxyl groups excluding tert-OH is 1. The molecule has 1 aromatic carbocycles. The van der Waals surface area contributed by atoms with E-state index in [2.05, 4.69) is 42.5 Å². The molecular formula is C15H22INO3. The highest BCUT2D eigenvalue weighted by molar-refractivity contribution is 14.1. The molecule has 1 aromatic rings. The molecule has 0 aromatic heterocycles. The van der Waals surface area contributed by atoms with Gasteiger partial charge in [-0.25, -0.2) is 0 Å². The molecule has 20 heavy (non-hydrogen) atoms. The van der Waals surface area contributed by atoms with Gasteiger partial charge >= 0.3 is 0 Å². The van der Waals surface area contributed by atoms with Gasteiger partial charge in [0.15, 0.2) is 0 Å². The molecule has 0 atom stereocenters. The highest BCUT2D eigenvalue weighted by atomic mass is 127. The summed E-state index contributed by atoms with van der Waals surface area (Å²) < 4.78 is 11.1. The molecule has 0 aliphatic heterocycles. The van der Waals surface area contributed by atoms with Gasteiger partial charge in [-0.05, 0) is 17.7 Å². The summed E-state index contributed by atoms with van der Waals surface area (Å²) in [5.41, 5.74) is 1.58. The summed E-state index contributed by atoms with van der Waals surface area (Å²) in [6, 6.07) is 7.44. The van der Waals surface area contributed by atoms with Crippen LogP contribution in [0.5, 0.6) is 5.75 Å². The SMILES string of the molecule is CC(C)I.COCCOc1ccc(CC#N)cc1CO. The van der Waals surface area contributed by atoms with Crippen LogP contribution in [0.4, 0.5) is 0 Å². The summed E-state index contributed by atoms with van der Waals surface area (Å²) in [6.45, 7) is 5.16. The maximum atomic E-state index is 9.17. The molecule has 0 unspecified atom stereocenters. The van der Waals surface area contributed by atoms with E-state index in [1.54, 1.807) is 19.2 Å². The van der Waals surface area contributed by atoms with Gasteiger partial charge in [-0.2, -0.15) is 5.26 Å². The third kappa shape index (κ3) is 9.13. The van der Waals surface area contributed by atoms with Crippen LogP contribution in [0.1, 0.15) is 25.0 Å². The van der Waals surface area contributed by atoms with Gasteiger partial charge in [-0.1, -0.05) is 42.5 Å². The third-order valence-corrected chi connectivity index (χ3v) is 2.12. The number of methoxy groups -OCH3 is 1. The topological polar surface area (TPSA) is 62.5 Å². The minimum Gasteiger partial charge on any atom is -0.491 e. The summed E-state index contributed by atoms with van der Waals surface area (Å²) >= 11 is 2.34. The molecule has 5 heteroatoms. The Kier molecular flexibility index (Phi) is 11.4. The predicted octanol–water partition coefficient (Wildman–Crippen LogP) is 3.10. The van der Waals surface area contributed by atoms with E-state index in [0.717, 1.165) is 9.49 Å². The Morgan fingerprint density at radius 3 is 2.50 bits per heavy atom. The first kappa shape index (κ1) is 19.2. The molecule has 0 fully saturated rings. The lowest BCUT2D eigenvalue weighted by Gasteiger charge is -2.10. The number of aliphatic hydroxyl groups is 1. The average Bonchev–Trinajstić information content (AvgIpc) is 2.40. The molecule has 0 amide bonds. The molecule has 4 nitrogen and oxygen atoms in total. The number of nitrogens with zero attached hydrogens (tertiary/aromatic N) is 1. The number of halogens is 1. The normalized spacial score (nSPS) is 9.65. The van der Waals surface area contributed by atoms with E-state index < -0.39 is 0 Å². The quantitative estimate of drug-likeness (QED) is 0.460. The number of nitriles is 1. The van der Waals surface area contributed by atoms with Crippen LogP contribution in [-0.2, 0) is 17.8 Å². The number of alkyl halides is 1. The Hall–Kier alpha value is -0.840. The van der Waals surface area contributed by atoms with Gasteiger partial charge in [0, 0.05) is 16.6 Å². The first-order valence-corrected chi connectivity index (χ1v) is 7.65. The molecule has 0 heterocycles. The van der Waals surface area contributed by atoms with E-state index in [-0.39, 0.29) is 6.61 Å². The number of hydrogen-bond acceptors (Lipinski definition) is 4. The summed E-state index contributed by atoms with van der Waals surface area (Å²) in [6.07, 6.45) is 0.339. The maximum absolute atomic E-state index is 9.17. The Balaban J connectivity index is 0.000000796. The molecule has 112 valence electrons. The van der Waals surface area contributed by atoms with Crippen molar-refractivity contribution in [2.24, 2.45) is 0 Å². The molecule has 1 N–H and O–H groups in total. The lowest BCUT2D eigenvalue weighted by Crippen LogP contribution is -2.06.